The van der Waals surface area contributed by atoms with Crippen molar-refractivity contribution in [2.75, 3.05) is 4.72 Å². The van der Waals surface area contributed by atoms with Gasteiger partial charge < -0.3 is 0 Å². The molecule has 21 heavy (non-hydrogen) atoms. The smallest absolute Gasteiger partial charge is 0.253 e. The number of fused-ring (bicyclic) bond motifs is 1. The maximum absolute atomic E-state index is 12.4. The summed E-state index contributed by atoms with van der Waals surface area (Å²) in [4.78, 5) is 0.115. The van der Waals surface area contributed by atoms with Crippen molar-refractivity contribution >= 4 is 32.0 Å². The van der Waals surface area contributed by atoms with Gasteiger partial charge in [-0.05, 0) is 12.1 Å². The Morgan fingerprint density at radius 2 is 2.10 bits per heavy atom. The Balaban J connectivity index is 1.96. The molecule has 0 saturated carbocycles. The highest BCUT2D eigenvalue weighted by molar-refractivity contribution is 7.93. The van der Waals surface area contributed by atoms with Crippen LogP contribution in [0.2, 0.25) is 0 Å². The molecule has 3 heterocycles. The van der Waals surface area contributed by atoms with E-state index < -0.39 is 10.0 Å². The molecule has 3 aromatic heterocycles. The molecule has 0 aliphatic rings. The summed E-state index contributed by atoms with van der Waals surface area (Å²) in [6, 6.07) is 5.24. The molecule has 0 amide bonds. The second-order valence-electron chi connectivity index (χ2n) is 4.74. The van der Waals surface area contributed by atoms with E-state index in [4.69, 9.17) is 0 Å². The zero-order valence-corrected chi connectivity index (χ0v) is 13.0. The highest BCUT2D eigenvalue weighted by Crippen LogP contribution is 2.25. The van der Waals surface area contributed by atoms with Crippen LogP contribution in [-0.4, -0.2) is 28.2 Å². The van der Waals surface area contributed by atoms with Gasteiger partial charge in [0, 0.05) is 12.1 Å². The van der Waals surface area contributed by atoms with Gasteiger partial charge in [0.2, 0.25) is 5.13 Å². The van der Waals surface area contributed by atoms with Gasteiger partial charge in [-0.15, -0.1) is 10.2 Å². The van der Waals surface area contributed by atoms with Crippen molar-refractivity contribution in [2.24, 2.45) is 0 Å². The number of aromatic nitrogens is 4. The highest BCUT2D eigenvalue weighted by Gasteiger charge is 2.21. The van der Waals surface area contributed by atoms with Gasteiger partial charge in [-0.25, -0.2) is 12.9 Å². The molecule has 0 bridgehead atoms. The van der Waals surface area contributed by atoms with E-state index >= 15 is 0 Å². The molecule has 0 radical (unpaired) electrons. The molecule has 1 N–H and O–H groups in total. The molecule has 0 aromatic carbocycles. The normalized spacial score (nSPS) is 12.1. The molecule has 110 valence electrons. The number of hydrogen-bond acceptors (Lipinski definition) is 6. The zero-order valence-electron chi connectivity index (χ0n) is 11.4. The van der Waals surface area contributed by atoms with Crippen LogP contribution in [0.1, 0.15) is 24.8 Å². The third-order valence-corrected chi connectivity index (χ3v) is 5.46. The molecule has 0 aliphatic heterocycles. The summed E-state index contributed by atoms with van der Waals surface area (Å²) >= 11 is 1.23. The first-order valence-electron chi connectivity index (χ1n) is 6.26. The summed E-state index contributed by atoms with van der Waals surface area (Å²) in [5.74, 6) is 0.206. The minimum atomic E-state index is -3.73. The quantitative estimate of drug-likeness (QED) is 0.794. The van der Waals surface area contributed by atoms with Crippen LogP contribution in [0.5, 0.6) is 0 Å². The number of pyridine rings is 1. The Morgan fingerprint density at radius 3 is 2.81 bits per heavy atom. The minimum absolute atomic E-state index is 0.115. The molecule has 3 aromatic rings. The molecule has 0 saturated heterocycles. The van der Waals surface area contributed by atoms with Crippen LogP contribution in [0.4, 0.5) is 5.13 Å². The van der Waals surface area contributed by atoms with Gasteiger partial charge in [-0.1, -0.05) is 31.3 Å². The molecule has 0 fully saturated rings. The lowest BCUT2D eigenvalue weighted by Gasteiger charge is -2.02. The summed E-state index contributed by atoms with van der Waals surface area (Å²) in [6.45, 7) is 3.95. The third kappa shape index (κ3) is 2.61. The van der Waals surface area contributed by atoms with E-state index in [0.717, 1.165) is 5.01 Å². The molecular weight excluding hydrogens is 310 g/mol. The molecule has 0 spiro atoms. The molecular formula is C12H13N5O2S2. The largest absolute Gasteiger partial charge is 0.267 e. The van der Waals surface area contributed by atoms with Crippen molar-refractivity contribution in [3.8, 4) is 0 Å². The van der Waals surface area contributed by atoms with E-state index in [1.165, 1.54) is 22.0 Å². The van der Waals surface area contributed by atoms with Gasteiger partial charge in [-0.3, -0.25) is 4.72 Å². The Morgan fingerprint density at radius 1 is 1.29 bits per heavy atom. The van der Waals surface area contributed by atoms with Crippen molar-refractivity contribution in [2.45, 2.75) is 24.7 Å². The predicted molar refractivity (Wildman–Crippen MR) is 80.0 cm³/mol. The van der Waals surface area contributed by atoms with Crippen LogP contribution in [0, 0.1) is 0 Å². The summed E-state index contributed by atoms with van der Waals surface area (Å²) in [5, 5.41) is 12.9. The minimum Gasteiger partial charge on any atom is -0.253 e. The average Bonchev–Trinajstić information content (AvgIpc) is 3.04. The van der Waals surface area contributed by atoms with Crippen LogP contribution in [0.25, 0.3) is 5.52 Å². The van der Waals surface area contributed by atoms with Crippen molar-refractivity contribution in [1.29, 1.82) is 0 Å². The second kappa shape index (κ2) is 5.08. The van der Waals surface area contributed by atoms with Gasteiger partial charge in [-0.2, -0.15) is 5.10 Å². The van der Waals surface area contributed by atoms with E-state index in [2.05, 4.69) is 20.0 Å². The third-order valence-electron chi connectivity index (χ3n) is 2.84. The molecule has 0 atom stereocenters. The van der Waals surface area contributed by atoms with Crippen molar-refractivity contribution < 1.29 is 8.42 Å². The molecule has 0 aliphatic carbocycles. The fraction of sp³-hybridized carbons (Fsp3) is 0.250. The van der Waals surface area contributed by atoms with Crippen LogP contribution in [0.15, 0.2) is 35.5 Å². The number of hydrogen-bond donors (Lipinski definition) is 1. The molecule has 7 nitrogen and oxygen atoms in total. The van der Waals surface area contributed by atoms with Crippen molar-refractivity contribution in [3.05, 3.63) is 35.6 Å². The van der Waals surface area contributed by atoms with E-state index in [0.29, 0.717) is 5.52 Å². The average molecular weight is 323 g/mol. The Labute approximate surface area is 125 Å². The Hall–Kier alpha value is -2.00. The standard InChI is InChI=1S/C12H13N5O2S2/c1-8(2)11-14-15-12(20-11)16-21(18,19)10-7-13-17-6-4-3-5-9(10)17/h3-8H,1-2H3,(H,15,16). The molecule has 9 heteroatoms. The van der Waals surface area contributed by atoms with E-state index in [9.17, 15) is 8.42 Å². The van der Waals surface area contributed by atoms with Crippen LogP contribution in [-0.2, 0) is 10.0 Å². The topological polar surface area (TPSA) is 89.2 Å². The van der Waals surface area contributed by atoms with Crippen molar-refractivity contribution in [1.82, 2.24) is 19.8 Å². The lowest BCUT2D eigenvalue weighted by atomic mass is 10.2. The van der Waals surface area contributed by atoms with Crippen LogP contribution >= 0.6 is 11.3 Å². The first kappa shape index (κ1) is 14.0. The van der Waals surface area contributed by atoms with Gasteiger partial charge in [0.05, 0.1) is 11.7 Å². The second-order valence-corrected chi connectivity index (χ2v) is 7.40. The fourth-order valence-electron chi connectivity index (χ4n) is 1.80. The Bertz CT molecular complexity index is 882. The Kier molecular flexibility index (Phi) is 3.38. The van der Waals surface area contributed by atoms with Crippen LogP contribution in [0.3, 0.4) is 0 Å². The zero-order chi connectivity index (χ0) is 15.0. The van der Waals surface area contributed by atoms with E-state index in [1.54, 1.807) is 24.4 Å². The fourth-order valence-corrected chi connectivity index (χ4v) is 3.89. The monoisotopic (exact) mass is 323 g/mol. The van der Waals surface area contributed by atoms with Gasteiger partial charge in [0.25, 0.3) is 10.0 Å². The SMILES string of the molecule is CC(C)c1nnc(NS(=O)(=O)c2cnn3ccccc23)s1. The molecule has 3 rings (SSSR count). The summed E-state index contributed by atoms with van der Waals surface area (Å²) < 4.78 is 28.8. The maximum Gasteiger partial charge on any atom is 0.267 e. The van der Waals surface area contributed by atoms with Gasteiger partial charge in [0.15, 0.2) is 0 Å². The maximum atomic E-state index is 12.4. The number of nitrogens with one attached hydrogen (secondary N) is 1. The van der Waals surface area contributed by atoms with Crippen molar-refractivity contribution in [3.63, 3.8) is 0 Å². The van der Waals surface area contributed by atoms with Gasteiger partial charge in [0.1, 0.15) is 9.90 Å². The first-order chi connectivity index (χ1) is 9.97. The summed E-state index contributed by atoms with van der Waals surface area (Å²) in [6.07, 6.45) is 3.01. The lowest BCUT2D eigenvalue weighted by molar-refractivity contribution is 0.602. The van der Waals surface area contributed by atoms with Gasteiger partial charge >= 0.3 is 0 Å². The van der Waals surface area contributed by atoms with E-state index in [1.807, 2.05) is 13.8 Å². The summed E-state index contributed by atoms with van der Waals surface area (Å²) in [5.41, 5.74) is 0.513. The first-order valence-corrected chi connectivity index (χ1v) is 8.56. The lowest BCUT2D eigenvalue weighted by Crippen LogP contribution is -2.12. The number of sulfonamides is 1. The molecule has 0 unspecified atom stereocenters. The van der Waals surface area contributed by atoms with Crippen LogP contribution < -0.4 is 4.72 Å². The predicted octanol–water partition coefficient (Wildman–Crippen LogP) is 2.11. The number of anilines is 1. The van der Waals surface area contributed by atoms with E-state index in [-0.39, 0.29) is 15.9 Å². The summed E-state index contributed by atoms with van der Waals surface area (Å²) in [7, 11) is -3.73. The number of nitrogens with zero attached hydrogens (tertiary/aromatic N) is 4. The highest BCUT2D eigenvalue weighted by atomic mass is 32.2. The number of rotatable bonds is 4.